The molecule has 7 heteroatoms. The minimum Gasteiger partial charge on any atom is -0.340 e. The van der Waals surface area contributed by atoms with Crippen LogP contribution in [0.1, 0.15) is 42.4 Å². The van der Waals surface area contributed by atoms with Crippen molar-refractivity contribution in [1.82, 2.24) is 9.55 Å². The summed E-state index contributed by atoms with van der Waals surface area (Å²) in [5.74, 6) is -0.205. The van der Waals surface area contributed by atoms with E-state index in [0.29, 0.717) is 17.1 Å². The quantitative estimate of drug-likeness (QED) is 0.619. The molecule has 1 aliphatic heterocycles. The van der Waals surface area contributed by atoms with Gasteiger partial charge in [0.25, 0.3) is 5.91 Å². The Hall–Kier alpha value is -3.12. The highest BCUT2D eigenvalue weighted by Crippen LogP contribution is 2.42. The SMILES string of the molecule is CC(=O)N(c1ccc(Cl)cc1)[C@@H]1C[C@H](C)N(C(=O)c2cn(C)cn2)c2ccccc21. The molecule has 3 aromatic rings. The first-order valence-electron chi connectivity index (χ1n) is 9.82. The van der Waals surface area contributed by atoms with Crippen LogP contribution in [0.25, 0.3) is 0 Å². The lowest BCUT2D eigenvalue weighted by atomic mass is 9.89. The Labute approximate surface area is 180 Å². The minimum absolute atomic E-state index is 0.0613. The van der Waals surface area contributed by atoms with Crippen LogP contribution in [0.5, 0.6) is 0 Å². The molecule has 30 heavy (non-hydrogen) atoms. The first-order valence-corrected chi connectivity index (χ1v) is 10.2. The summed E-state index contributed by atoms with van der Waals surface area (Å²) in [7, 11) is 1.84. The Morgan fingerprint density at radius 1 is 1.13 bits per heavy atom. The summed E-state index contributed by atoms with van der Waals surface area (Å²) in [4.78, 5) is 33.7. The van der Waals surface area contributed by atoms with Gasteiger partial charge in [0.1, 0.15) is 5.69 Å². The van der Waals surface area contributed by atoms with Gasteiger partial charge < -0.3 is 14.4 Å². The molecule has 0 N–H and O–H groups in total. The Balaban J connectivity index is 1.78. The number of hydrogen-bond acceptors (Lipinski definition) is 3. The second kappa shape index (κ2) is 7.95. The number of carbonyl (C=O) groups is 2. The van der Waals surface area contributed by atoms with Gasteiger partial charge in [-0.3, -0.25) is 9.59 Å². The van der Waals surface area contributed by atoms with Crippen molar-refractivity contribution < 1.29 is 9.59 Å². The number of benzene rings is 2. The van der Waals surface area contributed by atoms with Gasteiger partial charge in [0.05, 0.1) is 12.4 Å². The van der Waals surface area contributed by atoms with E-state index in [4.69, 9.17) is 11.6 Å². The van der Waals surface area contributed by atoms with Crippen molar-refractivity contribution >= 4 is 34.8 Å². The van der Waals surface area contributed by atoms with Crippen molar-refractivity contribution in [3.05, 3.63) is 77.3 Å². The standard InChI is InChI=1S/C23H23ClN4O2/c1-15-12-22(28(16(2)29)18-10-8-17(24)9-11-18)19-6-4-5-7-21(19)27(15)23(30)20-13-26(3)14-25-20/h4-11,13-15,22H,12H2,1-3H3/t15-,22+/m0/s1. The van der Waals surface area contributed by atoms with Crippen molar-refractivity contribution in [2.24, 2.45) is 7.05 Å². The summed E-state index contributed by atoms with van der Waals surface area (Å²) in [5.41, 5.74) is 2.92. The smallest absolute Gasteiger partial charge is 0.278 e. The Morgan fingerprint density at radius 3 is 2.47 bits per heavy atom. The first-order chi connectivity index (χ1) is 14.4. The summed E-state index contributed by atoms with van der Waals surface area (Å²) in [6.45, 7) is 3.57. The van der Waals surface area contributed by atoms with Gasteiger partial charge in [-0.05, 0) is 49.2 Å². The number of aromatic nitrogens is 2. The molecule has 6 nitrogen and oxygen atoms in total. The summed E-state index contributed by atoms with van der Waals surface area (Å²) >= 11 is 6.04. The molecule has 0 saturated carbocycles. The highest BCUT2D eigenvalue weighted by molar-refractivity contribution is 6.30. The molecule has 2 amide bonds. The van der Waals surface area contributed by atoms with Gasteiger partial charge in [-0.2, -0.15) is 0 Å². The molecule has 0 aliphatic carbocycles. The molecule has 154 valence electrons. The Kier molecular flexibility index (Phi) is 5.35. The number of anilines is 2. The third kappa shape index (κ3) is 3.59. The van der Waals surface area contributed by atoms with E-state index in [1.54, 1.807) is 45.9 Å². The van der Waals surface area contributed by atoms with Gasteiger partial charge in [-0.15, -0.1) is 0 Å². The monoisotopic (exact) mass is 422 g/mol. The topological polar surface area (TPSA) is 58.4 Å². The zero-order valence-corrected chi connectivity index (χ0v) is 17.9. The van der Waals surface area contributed by atoms with Crippen molar-refractivity contribution in [2.45, 2.75) is 32.4 Å². The molecular weight excluding hydrogens is 400 g/mol. The van der Waals surface area contributed by atoms with E-state index in [9.17, 15) is 9.59 Å². The molecule has 0 saturated heterocycles. The number of hydrogen-bond donors (Lipinski definition) is 0. The summed E-state index contributed by atoms with van der Waals surface area (Å²) in [6.07, 6.45) is 3.95. The summed E-state index contributed by atoms with van der Waals surface area (Å²) in [6, 6.07) is 14.7. The first kappa shape index (κ1) is 20.2. The molecular formula is C23H23ClN4O2. The summed E-state index contributed by atoms with van der Waals surface area (Å²) in [5, 5.41) is 0.617. The molecule has 2 atom stereocenters. The number of halogens is 1. The lowest BCUT2D eigenvalue weighted by Crippen LogP contribution is -2.47. The van der Waals surface area contributed by atoms with Crippen molar-refractivity contribution in [1.29, 1.82) is 0 Å². The third-order valence-corrected chi connectivity index (χ3v) is 5.71. The van der Waals surface area contributed by atoms with Crippen LogP contribution in [0.4, 0.5) is 11.4 Å². The lowest BCUT2D eigenvalue weighted by molar-refractivity contribution is -0.117. The zero-order chi connectivity index (χ0) is 21.4. The maximum Gasteiger partial charge on any atom is 0.278 e. The molecule has 0 unspecified atom stereocenters. The van der Waals surface area contributed by atoms with Crippen molar-refractivity contribution in [3.8, 4) is 0 Å². The molecule has 4 rings (SSSR count). The number of fused-ring (bicyclic) bond motifs is 1. The maximum atomic E-state index is 13.3. The van der Waals surface area contributed by atoms with Crippen LogP contribution in [-0.2, 0) is 11.8 Å². The van der Waals surface area contributed by atoms with E-state index in [2.05, 4.69) is 4.98 Å². The van der Waals surface area contributed by atoms with Gasteiger partial charge in [-0.1, -0.05) is 29.8 Å². The maximum absolute atomic E-state index is 13.3. The second-order valence-electron chi connectivity index (χ2n) is 7.62. The molecule has 2 aromatic carbocycles. The third-order valence-electron chi connectivity index (χ3n) is 5.46. The number of aryl methyl sites for hydroxylation is 1. The van der Waals surface area contributed by atoms with E-state index in [1.807, 2.05) is 50.4 Å². The number of rotatable bonds is 3. The van der Waals surface area contributed by atoms with Crippen LogP contribution in [0.3, 0.4) is 0 Å². The number of amides is 2. The predicted octanol–water partition coefficient (Wildman–Crippen LogP) is 4.61. The Bertz CT molecular complexity index is 1090. The molecule has 1 aliphatic rings. The van der Waals surface area contributed by atoms with Crippen LogP contribution in [-0.4, -0.2) is 27.4 Å². The van der Waals surface area contributed by atoms with Gasteiger partial charge in [-0.25, -0.2) is 4.98 Å². The second-order valence-corrected chi connectivity index (χ2v) is 8.06. The van der Waals surface area contributed by atoms with E-state index in [0.717, 1.165) is 16.9 Å². The molecule has 0 fully saturated rings. The number of nitrogens with zero attached hydrogens (tertiary/aromatic N) is 4. The number of imidazole rings is 1. The van der Waals surface area contributed by atoms with E-state index in [-0.39, 0.29) is 23.9 Å². The summed E-state index contributed by atoms with van der Waals surface area (Å²) < 4.78 is 1.76. The van der Waals surface area contributed by atoms with Gasteiger partial charge >= 0.3 is 0 Å². The van der Waals surface area contributed by atoms with Gasteiger partial charge in [0, 0.05) is 42.6 Å². The highest BCUT2D eigenvalue weighted by Gasteiger charge is 2.38. The number of carbonyl (C=O) groups excluding carboxylic acids is 2. The highest BCUT2D eigenvalue weighted by atomic mass is 35.5. The average Bonchev–Trinajstić information content (AvgIpc) is 3.15. The number of para-hydroxylation sites is 1. The van der Waals surface area contributed by atoms with Crippen LogP contribution >= 0.6 is 11.6 Å². The van der Waals surface area contributed by atoms with Gasteiger partial charge in [0.15, 0.2) is 0 Å². The van der Waals surface area contributed by atoms with Crippen LogP contribution < -0.4 is 9.80 Å². The zero-order valence-electron chi connectivity index (χ0n) is 17.1. The molecule has 2 heterocycles. The normalized spacial score (nSPS) is 18.1. The largest absolute Gasteiger partial charge is 0.340 e. The average molecular weight is 423 g/mol. The fourth-order valence-corrected chi connectivity index (χ4v) is 4.29. The fraction of sp³-hybridized carbons (Fsp3) is 0.261. The van der Waals surface area contributed by atoms with E-state index in [1.165, 1.54) is 0 Å². The molecule has 1 aromatic heterocycles. The Morgan fingerprint density at radius 2 is 1.83 bits per heavy atom. The fourth-order valence-electron chi connectivity index (χ4n) is 4.17. The molecule has 0 spiro atoms. The molecule has 0 radical (unpaired) electrons. The molecule has 0 bridgehead atoms. The van der Waals surface area contributed by atoms with Crippen LogP contribution in [0, 0.1) is 0 Å². The van der Waals surface area contributed by atoms with E-state index < -0.39 is 0 Å². The minimum atomic E-state index is -0.192. The van der Waals surface area contributed by atoms with Crippen LogP contribution in [0.15, 0.2) is 61.1 Å². The van der Waals surface area contributed by atoms with E-state index >= 15 is 0 Å². The van der Waals surface area contributed by atoms with Crippen molar-refractivity contribution in [3.63, 3.8) is 0 Å². The lowest BCUT2D eigenvalue weighted by Gasteiger charge is -2.43. The van der Waals surface area contributed by atoms with Crippen LogP contribution in [0.2, 0.25) is 5.02 Å². The van der Waals surface area contributed by atoms with Gasteiger partial charge in [0.2, 0.25) is 5.91 Å². The van der Waals surface area contributed by atoms with Crippen molar-refractivity contribution in [2.75, 3.05) is 9.80 Å². The predicted molar refractivity (Wildman–Crippen MR) is 118 cm³/mol.